The van der Waals surface area contributed by atoms with Gasteiger partial charge in [0.05, 0.1) is 13.7 Å². The number of rotatable bonds is 5. The van der Waals surface area contributed by atoms with Crippen molar-refractivity contribution in [3.8, 4) is 5.75 Å². The molecule has 0 spiro atoms. The van der Waals surface area contributed by atoms with Crippen molar-refractivity contribution in [3.05, 3.63) is 24.3 Å². The van der Waals surface area contributed by atoms with E-state index in [0.29, 0.717) is 38.5 Å². The van der Waals surface area contributed by atoms with Gasteiger partial charge >= 0.3 is 0 Å². The Bertz CT molecular complexity index is 737. The van der Waals surface area contributed by atoms with Crippen molar-refractivity contribution < 1.29 is 17.9 Å². The first kappa shape index (κ1) is 20.1. The molecule has 1 aromatic carbocycles. The molecule has 8 heteroatoms. The van der Waals surface area contributed by atoms with Crippen LogP contribution >= 0.6 is 0 Å². The van der Waals surface area contributed by atoms with Crippen LogP contribution in [0.4, 0.5) is 0 Å². The molecule has 0 radical (unpaired) electrons. The number of methoxy groups -OCH3 is 1. The lowest BCUT2D eigenvalue weighted by Gasteiger charge is -2.34. The lowest BCUT2D eigenvalue weighted by molar-refractivity contribution is -0.132. The average molecular weight is 396 g/mol. The maximum Gasteiger partial charge on any atom is 0.246 e. The van der Waals surface area contributed by atoms with Crippen LogP contribution in [0.2, 0.25) is 0 Å². The Morgan fingerprint density at radius 1 is 0.963 bits per heavy atom. The summed E-state index contributed by atoms with van der Waals surface area (Å²) in [6.45, 7) is 3.97. The van der Waals surface area contributed by atoms with Gasteiger partial charge in [-0.25, -0.2) is 8.42 Å². The number of hydrogen-bond donors (Lipinski definition) is 0. The number of benzene rings is 1. The molecule has 1 amide bonds. The lowest BCUT2D eigenvalue weighted by Crippen LogP contribution is -2.51. The molecule has 0 aliphatic carbocycles. The third-order valence-electron chi connectivity index (χ3n) is 5.34. The van der Waals surface area contributed by atoms with E-state index >= 15 is 0 Å². The number of hydrogen-bond acceptors (Lipinski definition) is 5. The third kappa shape index (κ3) is 4.80. The number of likely N-dealkylation sites (tertiary alicyclic amines) is 1. The van der Waals surface area contributed by atoms with Gasteiger partial charge in [-0.3, -0.25) is 9.69 Å². The summed E-state index contributed by atoms with van der Waals surface area (Å²) in [5.74, 6) is 0.522. The van der Waals surface area contributed by atoms with Crippen molar-refractivity contribution in [2.24, 2.45) is 0 Å². The SMILES string of the molecule is COc1ccccc1S(=O)(=O)N1CCN(CC(=O)N2CCCCCC2)CC1. The van der Waals surface area contributed by atoms with E-state index in [0.717, 1.165) is 25.9 Å². The van der Waals surface area contributed by atoms with Crippen LogP contribution in [0.5, 0.6) is 5.75 Å². The topological polar surface area (TPSA) is 70.2 Å². The Kier molecular flexibility index (Phi) is 6.73. The minimum absolute atomic E-state index is 0.165. The molecule has 0 bridgehead atoms. The fourth-order valence-electron chi connectivity index (χ4n) is 3.71. The fourth-order valence-corrected chi connectivity index (χ4v) is 5.29. The number of sulfonamides is 1. The monoisotopic (exact) mass is 395 g/mol. The average Bonchev–Trinajstić information content (AvgIpc) is 2.98. The van der Waals surface area contributed by atoms with Gasteiger partial charge in [-0.2, -0.15) is 4.31 Å². The molecule has 2 heterocycles. The highest BCUT2D eigenvalue weighted by Crippen LogP contribution is 2.26. The lowest BCUT2D eigenvalue weighted by atomic mass is 10.2. The van der Waals surface area contributed by atoms with Crippen LogP contribution in [0.1, 0.15) is 25.7 Å². The summed E-state index contributed by atoms with van der Waals surface area (Å²) in [6, 6.07) is 6.68. The van der Waals surface area contributed by atoms with Crippen LogP contribution in [0.3, 0.4) is 0 Å². The summed E-state index contributed by atoms with van der Waals surface area (Å²) in [6.07, 6.45) is 4.56. The fraction of sp³-hybridized carbons (Fsp3) is 0.632. The predicted octanol–water partition coefficient (Wildman–Crippen LogP) is 1.40. The molecule has 0 saturated carbocycles. The Balaban J connectivity index is 1.57. The van der Waals surface area contributed by atoms with E-state index in [-0.39, 0.29) is 10.8 Å². The van der Waals surface area contributed by atoms with Crippen molar-refractivity contribution in [2.45, 2.75) is 30.6 Å². The maximum atomic E-state index is 12.9. The number of ether oxygens (including phenoxy) is 1. The van der Waals surface area contributed by atoms with Gasteiger partial charge in [-0.1, -0.05) is 25.0 Å². The van der Waals surface area contributed by atoms with Crippen molar-refractivity contribution in [2.75, 3.05) is 52.9 Å². The largest absolute Gasteiger partial charge is 0.495 e. The first-order valence-electron chi connectivity index (χ1n) is 9.65. The zero-order valence-electron chi connectivity index (χ0n) is 16.0. The van der Waals surface area contributed by atoms with Gasteiger partial charge in [-0.05, 0) is 25.0 Å². The molecule has 7 nitrogen and oxygen atoms in total. The summed E-state index contributed by atoms with van der Waals surface area (Å²) in [4.78, 5) is 16.8. The van der Waals surface area contributed by atoms with Crippen molar-refractivity contribution in [1.29, 1.82) is 0 Å². The van der Waals surface area contributed by atoms with E-state index in [4.69, 9.17) is 4.74 Å². The van der Waals surface area contributed by atoms with E-state index < -0.39 is 10.0 Å². The maximum absolute atomic E-state index is 12.9. The molecule has 0 N–H and O–H groups in total. The first-order valence-corrected chi connectivity index (χ1v) is 11.1. The normalized spacial score (nSPS) is 20.3. The minimum Gasteiger partial charge on any atom is -0.495 e. The number of amides is 1. The van der Waals surface area contributed by atoms with Crippen LogP contribution in [0.25, 0.3) is 0 Å². The Morgan fingerprint density at radius 2 is 1.59 bits per heavy atom. The van der Waals surface area contributed by atoms with Crippen LogP contribution in [0.15, 0.2) is 29.2 Å². The molecule has 3 rings (SSSR count). The van der Waals surface area contributed by atoms with Crippen LogP contribution in [-0.2, 0) is 14.8 Å². The second kappa shape index (κ2) is 9.03. The van der Waals surface area contributed by atoms with Gasteiger partial charge in [0.15, 0.2) is 0 Å². The predicted molar refractivity (Wildman–Crippen MR) is 103 cm³/mol. The molecule has 150 valence electrons. The third-order valence-corrected chi connectivity index (χ3v) is 7.27. The van der Waals surface area contributed by atoms with Gasteiger partial charge in [0.25, 0.3) is 0 Å². The minimum atomic E-state index is -3.60. The van der Waals surface area contributed by atoms with E-state index in [9.17, 15) is 13.2 Å². The molecular weight excluding hydrogens is 366 g/mol. The van der Waals surface area contributed by atoms with Gasteiger partial charge in [-0.15, -0.1) is 0 Å². The highest BCUT2D eigenvalue weighted by molar-refractivity contribution is 7.89. The van der Waals surface area contributed by atoms with Crippen LogP contribution in [0, 0.1) is 0 Å². The molecule has 0 aromatic heterocycles. The summed E-state index contributed by atoms with van der Waals surface area (Å²) in [7, 11) is -2.12. The zero-order chi connectivity index (χ0) is 19.3. The highest BCUT2D eigenvalue weighted by Gasteiger charge is 2.31. The molecule has 2 aliphatic rings. The van der Waals surface area contributed by atoms with E-state index in [1.54, 1.807) is 24.3 Å². The Hall–Kier alpha value is -1.64. The molecule has 1 aromatic rings. The van der Waals surface area contributed by atoms with E-state index in [1.807, 2.05) is 4.90 Å². The van der Waals surface area contributed by atoms with E-state index in [2.05, 4.69) is 4.90 Å². The quantitative estimate of drug-likeness (QED) is 0.754. The molecule has 0 unspecified atom stereocenters. The second-order valence-electron chi connectivity index (χ2n) is 7.13. The smallest absolute Gasteiger partial charge is 0.246 e. The van der Waals surface area contributed by atoms with Crippen molar-refractivity contribution >= 4 is 15.9 Å². The van der Waals surface area contributed by atoms with E-state index in [1.165, 1.54) is 24.3 Å². The summed E-state index contributed by atoms with van der Waals surface area (Å²) in [5, 5.41) is 0. The van der Waals surface area contributed by atoms with Crippen LogP contribution < -0.4 is 4.74 Å². The number of piperazine rings is 1. The molecule has 27 heavy (non-hydrogen) atoms. The van der Waals surface area contributed by atoms with Crippen molar-refractivity contribution in [1.82, 2.24) is 14.1 Å². The van der Waals surface area contributed by atoms with Gasteiger partial charge in [0, 0.05) is 39.3 Å². The number of nitrogens with zero attached hydrogens (tertiary/aromatic N) is 3. The number of carbonyl (C=O) groups excluding carboxylic acids is 1. The van der Waals surface area contributed by atoms with Gasteiger partial charge in [0.1, 0.15) is 10.6 Å². The molecule has 0 atom stereocenters. The summed E-state index contributed by atoms with van der Waals surface area (Å²) in [5.41, 5.74) is 0. The zero-order valence-corrected chi connectivity index (χ0v) is 16.8. The Labute approximate surface area is 161 Å². The molecule has 2 saturated heterocycles. The molecule has 2 fully saturated rings. The van der Waals surface area contributed by atoms with Gasteiger partial charge in [0.2, 0.25) is 15.9 Å². The highest BCUT2D eigenvalue weighted by atomic mass is 32.2. The Morgan fingerprint density at radius 3 is 2.22 bits per heavy atom. The number of para-hydroxylation sites is 1. The standard InChI is InChI=1S/C19H29N3O4S/c1-26-17-8-4-5-9-18(17)27(24,25)22-14-12-20(13-15-22)16-19(23)21-10-6-2-3-7-11-21/h4-5,8-9H,2-3,6-7,10-16H2,1H3. The van der Waals surface area contributed by atoms with Crippen LogP contribution in [-0.4, -0.2) is 81.4 Å². The summed E-state index contributed by atoms with van der Waals surface area (Å²) >= 11 is 0. The molecule has 2 aliphatic heterocycles. The van der Waals surface area contributed by atoms with Crippen molar-refractivity contribution in [3.63, 3.8) is 0 Å². The van der Waals surface area contributed by atoms with Gasteiger partial charge < -0.3 is 9.64 Å². The number of carbonyl (C=O) groups is 1. The molecular formula is C19H29N3O4S. The summed E-state index contributed by atoms with van der Waals surface area (Å²) < 4.78 is 32.6. The first-order chi connectivity index (χ1) is 13.0. The second-order valence-corrected chi connectivity index (χ2v) is 9.03.